The second-order valence-corrected chi connectivity index (χ2v) is 5.87. The summed E-state index contributed by atoms with van der Waals surface area (Å²) < 4.78 is 0. The van der Waals surface area contributed by atoms with Crippen LogP contribution in [0, 0.1) is 0 Å². The maximum Gasteiger partial charge on any atom is 0.178 e. The molecule has 0 fully saturated rings. The maximum absolute atomic E-state index is 4.55. The summed E-state index contributed by atoms with van der Waals surface area (Å²) in [5, 5.41) is 2.50. The molecule has 0 saturated carbocycles. The van der Waals surface area contributed by atoms with E-state index in [0.717, 1.165) is 24.0 Å². The van der Waals surface area contributed by atoms with Gasteiger partial charge in [0.1, 0.15) is 0 Å². The van der Waals surface area contributed by atoms with Crippen molar-refractivity contribution in [1.82, 2.24) is 9.97 Å². The molecule has 2 aromatic carbocycles. The molecule has 0 spiro atoms. The van der Waals surface area contributed by atoms with E-state index in [4.69, 9.17) is 0 Å². The number of benzene rings is 2. The van der Waals surface area contributed by atoms with Gasteiger partial charge in [0.15, 0.2) is 11.6 Å². The Morgan fingerprint density at radius 2 is 1.64 bits per heavy atom. The Bertz CT molecular complexity index is 828. The minimum Gasteiger partial charge on any atom is -0.333 e. The van der Waals surface area contributed by atoms with Crippen LogP contribution < -0.4 is 9.80 Å². The zero-order valence-corrected chi connectivity index (χ0v) is 12.8. The van der Waals surface area contributed by atoms with Gasteiger partial charge in [0.25, 0.3) is 0 Å². The molecule has 1 aromatic heterocycles. The first-order valence-corrected chi connectivity index (χ1v) is 7.58. The smallest absolute Gasteiger partial charge is 0.178 e. The van der Waals surface area contributed by atoms with Crippen molar-refractivity contribution in [3.63, 3.8) is 0 Å². The van der Waals surface area contributed by atoms with E-state index in [9.17, 15) is 0 Å². The molecule has 110 valence electrons. The van der Waals surface area contributed by atoms with Crippen LogP contribution >= 0.6 is 0 Å². The Balaban J connectivity index is 1.81. The van der Waals surface area contributed by atoms with Crippen LogP contribution in [-0.4, -0.2) is 22.7 Å². The molecule has 0 atom stereocenters. The highest BCUT2D eigenvalue weighted by Gasteiger charge is 2.30. The molecule has 0 saturated heterocycles. The van der Waals surface area contributed by atoms with E-state index < -0.39 is 0 Å². The average molecular weight is 290 g/mol. The van der Waals surface area contributed by atoms with Crippen molar-refractivity contribution in [2.75, 3.05) is 16.5 Å². The van der Waals surface area contributed by atoms with Crippen molar-refractivity contribution < 1.29 is 0 Å². The number of aromatic nitrogens is 2. The Morgan fingerprint density at radius 1 is 0.909 bits per heavy atom. The van der Waals surface area contributed by atoms with Gasteiger partial charge >= 0.3 is 0 Å². The molecule has 22 heavy (non-hydrogen) atoms. The topological polar surface area (TPSA) is 32.3 Å². The van der Waals surface area contributed by atoms with E-state index in [0.29, 0.717) is 6.04 Å². The molecular formula is C18H18N4. The maximum atomic E-state index is 4.55. The summed E-state index contributed by atoms with van der Waals surface area (Å²) in [4.78, 5) is 13.6. The van der Waals surface area contributed by atoms with Crippen LogP contribution in [0.5, 0.6) is 0 Å². The fourth-order valence-corrected chi connectivity index (χ4v) is 2.96. The molecule has 4 nitrogen and oxygen atoms in total. The van der Waals surface area contributed by atoms with E-state index in [1.165, 1.54) is 10.8 Å². The fraction of sp³-hybridized carbons (Fsp3) is 0.222. The summed E-state index contributed by atoms with van der Waals surface area (Å²) in [5.41, 5.74) is 1.16. The number of hydrogen-bond donors (Lipinski definition) is 0. The largest absolute Gasteiger partial charge is 0.333 e. The highest BCUT2D eigenvalue weighted by atomic mass is 15.4. The van der Waals surface area contributed by atoms with Gasteiger partial charge in [-0.3, -0.25) is 0 Å². The van der Waals surface area contributed by atoms with Crippen LogP contribution in [0.15, 0.2) is 54.9 Å². The molecule has 1 aliphatic heterocycles. The van der Waals surface area contributed by atoms with Gasteiger partial charge in [-0.1, -0.05) is 30.3 Å². The third kappa shape index (κ3) is 1.99. The first kappa shape index (κ1) is 13.1. The molecule has 3 aromatic rings. The van der Waals surface area contributed by atoms with Crippen molar-refractivity contribution in [1.29, 1.82) is 0 Å². The first-order chi connectivity index (χ1) is 10.7. The van der Waals surface area contributed by atoms with Gasteiger partial charge in [-0.25, -0.2) is 9.97 Å². The summed E-state index contributed by atoms with van der Waals surface area (Å²) in [6.45, 7) is 5.15. The van der Waals surface area contributed by atoms with Crippen LogP contribution in [0.2, 0.25) is 0 Å². The quantitative estimate of drug-likeness (QED) is 0.715. The number of hydrogen-bond acceptors (Lipinski definition) is 4. The van der Waals surface area contributed by atoms with Crippen LogP contribution in [0.1, 0.15) is 13.8 Å². The molecule has 1 aliphatic rings. The molecule has 0 amide bonds. The number of anilines is 3. The lowest BCUT2D eigenvalue weighted by atomic mass is 10.1. The summed E-state index contributed by atoms with van der Waals surface area (Å²) in [7, 11) is 0. The molecule has 0 aliphatic carbocycles. The third-order valence-electron chi connectivity index (χ3n) is 4.15. The average Bonchev–Trinajstić information content (AvgIpc) is 2.94. The number of nitrogens with zero attached hydrogens (tertiary/aromatic N) is 4. The lowest BCUT2D eigenvalue weighted by Crippen LogP contribution is -2.33. The molecule has 0 radical (unpaired) electrons. The van der Waals surface area contributed by atoms with Crippen molar-refractivity contribution in [2.45, 2.75) is 19.9 Å². The zero-order chi connectivity index (χ0) is 15.1. The van der Waals surface area contributed by atoms with E-state index >= 15 is 0 Å². The zero-order valence-electron chi connectivity index (χ0n) is 12.8. The summed E-state index contributed by atoms with van der Waals surface area (Å²) >= 11 is 0. The minimum absolute atomic E-state index is 0.390. The summed E-state index contributed by atoms with van der Waals surface area (Å²) in [5.74, 6) is 1.90. The Hall–Kier alpha value is -2.62. The molecule has 0 bridgehead atoms. The Kier molecular flexibility index (Phi) is 2.96. The number of fused-ring (bicyclic) bond motifs is 2. The van der Waals surface area contributed by atoms with Gasteiger partial charge in [-0.15, -0.1) is 0 Å². The van der Waals surface area contributed by atoms with E-state index in [2.05, 4.69) is 76.1 Å². The van der Waals surface area contributed by atoms with Crippen LogP contribution in [-0.2, 0) is 0 Å². The fourth-order valence-electron chi connectivity index (χ4n) is 2.96. The molecule has 4 heteroatoms. The van der Waals surface area contributed by atoms with Gasteiger partial charge in [-0.2, -0.15) is 0 Å². The second-order valence-electron chi connectivity index (χ2n) is 5.87. The highest BCUT2D eigenvalue weighted by Crippen LogP contribution is 2.38. The van der Waals surface area contributed by atoms with Gasteiger partial charge in [0, 0.05) is 24.1 Å². The van der Waals surface area contributed by atoms with E-state index in [1.807, 2.05) is 0 Å². The van der Waals surface area contributed by atoms with Crippen LogP contribution in [0.4, 0.5) is 17.3 Å². The molecule has 0 unspecified atom stereocenters. The van der Waals surface area contributed by atoms with Crippen LogP contribution in [0.3, 0.4) is 0 Å². The molecule has 0 N–H and O–H groups in total. The highest BCUT2D eigenvalue weighted by molar-refractivity contribution is 5.88. The van der Waals surface area contributed by atoms with Crippen molar-refractivity contribution >= 4 is 28.1 Å². The van der Waals surface area contributed by atoms with E-state index in [1.54, 1.807) is 12.4 Å². The second kappa shape index (κ2) is 4.98. The lowest BCUT2D eigenvalue weighted by molar-refractivity contribution is 0.702. The van der Waals surface area contributed by atoms with Crippen molar-refractivity contribution in [3.05, 3.63) is 54.9 Å². The standard InChI is InChI=1S/C18H18N4/c1-13(2)21-12-22(18-17(21)19-9-10-20-18)16-8-7-14-5-3-4-6-15(14)11-16/h3-11,13H,12H2,1-2H3. The number of rotatable bonds is 2. The molecule has 4 rings (SSSR count). The van der Waals surface area contributed by atoms with Crippen molar-refractivity contribution in [2.24, 2.45) is 0 Å². The van der Waals surface area contributed by atoms with Gasteiger partial charge in [0.2, 0.25) is 0 Å². The minimum atomic E-state index is 0.390. The summed E-state index contributed by atoms with van der Waals surface area (Å²) in [6.07, 6.45) is 3.52. The van der Waals surface area contributed by atoms with Gasteiger partial charge < -0.3 is 9.80 Å². The predicted octanol–water partition coefficient (Wildman–Crippen LogP) is 3.95. The lowest BCUT2D eigenvalue weighted by Gasteiger charge is -2.24. The molecular weight excluding hydrogens is 272 g/mol. The Labute approximate surface area is 130 Å². The first-order valence-electron chi connectivity index (χ1n) is 7.58. The van der Waals surface area contributed by atoms with Gasteiger partial charge in [0.05, 0.1) is 6.67 Å². The van der Waals surface area contributed by atoms with Crippen molar-refractivity contribution in [3.8, 4) is 0 Å². The SMILES string of the molecule is CC(C)N1CN(c2ccc3ccccc3c2)c2nccnc21. The van der Waals surface area contributed by atoms with E-state index in [-0.39, 0.29) is 0 Å². The van der Waals surface area contributed by atoms with Crippen LogP contribution in [0.25, 0.3) is 10.8 Å². The predicted molar refractivity (Wildman–Crippen MR) is 90.6 cm³/mol. The summed E-state index contributed by atoms with van der Waals surface area (Å²) in [6, 6.07) is 15.4. The third-order valence-corrected chi connectivity index (χ3v) is 4.15. The monoisotopic (exact) mass is 290 g/mol. The normalized spacial score (nSPS) is 14.0. The van der Waals surface area contributed by atoms with Gasteiger partial charge in [-0.05, 0) is 36.8 Å². The Morgan fingerprint density at radius 3 is 2.41 bits per heavy atom. The molecule has 2 heterocycles.